The van der Waals surface area contributed by atoms with Crippen LogP contribution in [0.5, 0.6) is 0 Å². The van der Waals surface area contributed by atoms with Crippen LogP contribution in [0.2, 0.25) is 0 Å². The Hall–Kier alpha value is -3.22. The molecular weight excluding hydrogens is 464 g/mol. The number of ether oxygens (including phenoxy) is 2. The number of amides is 1. The number of benzene rings is 2. The number of hydrogen-bond donors (Lipinski definition) is 1. The monoisotopic (exact) mass is 501 g/mol. The Kier molecular flexibility index (Phi) is 10.6. The van der Waals surface area contributed by atoms with E-state index < -0.39 is 29.5 Å². The molecule has 2 rings (SSSR count). The lowest BCUT2D eigenvalue weighted by atomic mass is 9.89. The van der Waals surface area contributed by atoms with Gasteiger partial charge in [-0.2, -0.15) is 0 Å². The number of hydrogen-bond acceptors (Lipinski definition) is 4. The van der Waals surface area contributed by atoms with Gasteiger partial charge in [-0.15, -0.1) is 6.58 Å². The van der Waals surface area contributed by atoms with Crippen LogP contribution in [-0.4, -0.2) is 24.3 Å². The lowest BCUT2D eigenvalue weighted by Gasteiger charge is -2.24. The van der Waals surface area contributed by atoms with Crippen molar-refractivity contribution in [3.05, 3.63) is 71.3 Å². The summed E-state index contributed by atoms with van der Waals surface area (Å²) in [6.45, 7) is 12.5. The summed E-state index contributed by atoms with van der Waals surface area (Å²) in [5.41, 5.74) is 2.35. The third-order valence-corrected chi connectivity index (χ3v) is 5.51. The van der Waals surface area contributed by atoms with E-state index in [-0.39, 0.29) is 24.4 Å². The fourth-order valence-corrected chi connectivity index (χ4v) is 4.07. The molecule has 0 spiro atoms. The van der Waals surface area contributed by atoms with Crippen molar-refractivity contribution in [1.82, 2.24) is 5.32 Å². The molecule has 0 aliphatic carbocycles. The average Bonchev–Trinajstić information content (AvgIpc) is 2.75. The summed E-state index contributed by atoms with van der Waals surface area (Å²) in [5, 5.41) is 2.61. The molecule has 0 fully saturated rings. The molecule has 36 heavy (non-hydrogen) atoms. The third kappa shape index (κ3) is 8.77. The first-order chi connectivity index (χ1) is 16.9. The second kappa shape index (κ2) is 13.2. The number of aryl methyl sites for hydroxylation is 2. The maximum atomic E-state index is 15.1. The minimum absolute atomic E-state index is 0.118. The highest BCUT2D eigenvalue weighted by molar-refractivity contribution is 5.75. The molecule has 196 valence electrons. The zero-order valence-electron chi connectivity index (χ0n) is 21.9. The molecule has 0 aromatic heterocycles. The molecule has 0 saturated heterocycles. The highest BCUT2D eigenvalue weighted by atomic mass is 19.1. The SMILES string of the molecule is C=CCCCCc1cc(F)cc(C)c1-c1ccc(F)c([C@H](CC(=O)OCC)NC(=O)OC(C)(C)C)c1. The van der Waals surface area contributed by atoms with E-state index in [1.165, 1.54) is 18.2 Å². The maximum Gasteiger partial charge on any atom is 0.408 e. The molecular formula is C29H37F2NO4. The van der Waals surface area contributed by atoms with Crippen molar-refractivity contribution >= 4 is 12.1 Å². The molecule has 0 heterocycles. The Balaban J connectivity index is 2.50. The maximum absolute atomic E-state index is 15.1. The highest BCUT2D eigenvalue weighted by Crippen LogP contribution is 2.33. The number of carbonyl (C=O) groups is 2. The van der Waals surface area contributed by atoms with E-state index in [1.54, 1.807) is 39.8 Å². The van der Waals surface area contributed by atoms with Crippen LogP contribution in [0, 0.1) is 18.6 Å². The smallest absolute Gasteiger partial charge is 0.408 e. The van der Waals surface area contributed by atoms with E-state index >= 15 is 4.39 Å². The van der Waals surface area contributed by atoms with Gasteiger partial charge in [0.1, 0.15) is 17.2 Å². The molecule has 0 unspecified atom stereocenters. The Bertz CT molecular complexity index is 1080. The molecule has 0 saturated carbocycles. The molecule has 2 aromatic carbocycles. The van der Waals surface area contributed by atoms with Crippen LogP contribution in [0.4, 0.5) is 13.6 Å². The van der Waals surface area contributed by atoms with Crippen LogP contribution in [0.25, 0.3) is 11.1 Å². The largest absolute Gasteiger partial charge is 0.466 e. The van der Waals surface area contributed by atoms with Gasteiger partial charge in [-0.05, 0) is 107 Å². The van der Waals surface area contributed by atoms with Gasteiger partial charge < -0.3 is 14.8 Å². The number of halogens is 2. The van der Waals surface area contributed by atoms with Gasteiger partial charge in [-0.25, -0.2) is 13.6 Å². The number of unbranched alkanes of at least 4 members (excludes halogenated alkanes) is 2. The van der Waals surface area contributed by atoms with Gasteiger partial charge in [0.05, 0.1) is 19.1 Å². The van der Waals surface area contributed by atoms with Crippen molar-refractivity contribution in [3.63, 3.8) is 0 Å². The summed E-state index contributed by atoms with van der Waals surface area (Å²) in [7, 11) is 0. The zero-order chi connectivity index (χ0) is 26.9. The lowest BCUT2D eigenvalue weighted by Crippen LogP contribution is -2.36. The molecule has 0 aliphatic heterocycles. The van der Waals surface area contributed by atoms with Crippen LogP contribution in [0.1, 0.15) is 76.1 Å². The van der Waals surface area contributed by atoms with E-state index in [9.17, 15) is 14.0 Å². The topological polar surface area (TPSA) is 64.6 Å². The van der Waals surface area contributed by atoms with Crippen molar-refractivity contribution in [2.24, 2.45) is 0 Å². The number of esters is 1. The van der Waals surface area contributed by atoms with Gasteiger partial charge >= 0.3 is 12.1 Å². The summed E-state index contributed by atoms with van der Waals surface area (Å²) in [5.74, 6) is -1.50. The Morgan fingerprint density at radius 3 is 2.50 bits per heavy atom. The van der Waals surface area contributed by atoms with Gasteiger partial charge in [-0.1, -0.05) is 12.1 Å². The summed E-state index contributed by atoms with van der Waals surface area (Å²) < 4.78 is 39.7. The normalized spacial score (nSPS) is 12.1. The highest BCUT2D eigenvalue weighted by Gasteiger charge is 2.26. The van der Waals surface area contributed by atoms with Crippen LogP contribution >= 0.6 is 0 Å². The summed E-state index contributed by atoms with van der Waals surface area (Å²) in [6, 6.07) is 6.46. The molecule has 7 heteroatoms. The van der Waals surface area contributed by atoms with E-state index in [4.69, 9.17) is 9.47 Å². The van der Waals surface area contributed by atoms with Crippen LogP contribution < -0.4 is 5.32 Å². The van der Waals surface area contributed by atoms with Crippen molar-refractivity contribution in [2.75, 3.05) is 6.61 Å². The number of allylic oxidation sites excluding steroid dienone is 1. The fourth-order valence-electron chi connectivity index (χ4n) is 4.07. The van der Waals surface area contributed by atoms with Crippen LogP contribution in [0.3, 0.4) is 0 Å². The first-order valence-electron chi connectivity index (χ1n) is 12.3. The molecule has 1 atom stereocenters. The molecule has 0 bridgehead atoms. The molecule has 5 nitrogen and oxygen atoms in total. The lowest BCUT2D eigenvalue weighted by molar-refractivity contribution is -0.143. The van der Waals surface area contributed by atoms with Crippen molar-refractivity contribution in [3.8, 4) is 11.1 Å². The second-order valence-electron chi connectivity index (χ2n) is 9.74. The van der Waals surface area contributed by atoms with Gasteiger partial charge in [-0.3, -0.25) is 4.79 Å². The molecule has 1 N–H and O–H groups in total. The number of carbonyl (C=O) groups excluding carboxylic acids is 2. The van der Waals surface area contributed by atoms with Gasteiger partial charge in [0.25, 0.3) is 0 Å². The number of alkyl carbamates (subject to hydrolysis) is 1. The van der Waals surface area contributed by atoms with E-state index in [0.717, 1.165) is 30.4 Å². The molecule has 1 amide bonds. The van der Waals surface area contributed by atoms with Crippen molar-refractivity contribution in [1.29, 1.82) is 0 Å². The minimum atomic E-state index is -1.02. The third-order valence-electron chi connectivity index (χ3n) is 5.51. The zero-order valence-corrected chi connectivity index (χ0v) is 21.9. The van der Waals surface area contributed by atoms with E-state index in [1.807, 2.05) is 13.0 Å². The van der Waals surface area contributed by atoms with Gasteiger partial charge in [0.15, 0.2) is 0 Å². The summed E-state index contributed by atoms with van der Waals surface area (Å²) in [6.07, 6.45) is 4.10. The summed E-state index contributed by atoms with van der Waals surface area (Å²) >= 11 is 0. The Morgan fingerprint density at radius 1 is 1.14 bits per heavy atom. The van der Waals surface area contributed by atoms with Crippen molar-refractivity contribution < 1.29 is 27.8 Å². The first-order valence-corrected chi connectivity index (χ1v) is 12.3. The second-order valence-corrected chi connectivity index (χ2v) is 9.74. The Labute approximate surface area is 212 Å². The fraction of sp³-hybridized carbons (Fsp3) is 0.448. The van der Waals surface area contributed by atoms with Crippen LogP contribution in [0.15, 0.2) is 43.0 Å². The molecule has 2 aromatic rings. The predicted molar refractivity (Wildman–Crippen MR) is 138 cm³/mol. The van der Waals surface area contributed by atoms with E-state index in [0.29, 0.717) is 17.5 Å². The molecule has 0 radical (unpaired) electrons. The number of nitrogens with one attached hydrogen (secondary N) is 1. The van der Waals surface area contributed by atoms with Gasteiger partial charge in [0.2, 0.25) is 0 Å². The number of rotatable bonds is 11. The summed E-state index contributed by atoms with van der Waals surface area (Å²) in [4.78, 5) is 24.8. The van der Waals surface area contributed by atoms with E-state index in [2.05, 4.69) is 11.9 Å². The van der Waals surface area contributed by atoms with Crippen LogP contribution in [-0.2, 0) is 20.7 Å². The van der Waals surface area contributed by atoms with Gasteiger partial charge in [0, 0.05) is 5.56 Å². The minimum Gasteiger partial charge on any atom is -0.466 e. The first kappa shape index (κ1) is 29.0. The van der Waals surface area contributed by atoms with Crippen molar-refractivity contribution in [2.45, 2.75) is 78.4 Å². The predicted octanol–water partition coefficient (Wildman–Crippen LogP) is 7.36. The average molecular weight is 502 g/mol. The quantitative estimate of drug-likeness (QED) is 0.198. The Morgan fingerprint density at radius 2 is 1.86 bits per heavy atom. The molecule has 0 aliphatic rings. The standard InChI is InChI=1S/C29H37F2NO4/c1-7-9-10-11-12-20-16-22(30)15-19(3)27(20)21-13-14-24(31)23(17-21)25(18-26(33)35-8-2)32-28(34)36-29(4,5)6/h7,13-17,25H,1,8-12,18H2,2-6H3,(H,32,34)/t25-/m0/s1.